The van der Waals surface area contributed by atoms with Gasteiger partial charge in [-0.3, -0.25) is 4.79 Å². The maximum absolute atomic E-state index is 13.4. The van der Waals surface area contributed by atoms with Crippen molar-refractivity contribution >= 4 is 51.4 Å². The van der Waals surface area contributed by atoms with Crippen molar-refractivity contribution in [3.05, 3.63) is 117 Å². The van der Waals surface area contributed by atoms with Crippen molar-refractivity contribution < 1.29 is 4.79 Å². The summed E-state index contributed by atoms with van der Waals surface area (Å²) in [6.07, 6.45) is 0.125. The van der Waals surface area contributed by atoms with E-state index in [0.717, 1.165) is 16.3 Å². The molecule has 2 unspecified atom stereocenters. The number of fused-ring (bicyclic) bond motifs is 1. The maximum atomic E-state index is 13.4. The zero-order chi connectivity index (χ0) is 22.7. The first-order valence-corrected chi connectivity index (χ1v) is 11.2. The predicted octanol–water partition coefficient (Wildman–Crippen LogP) is 8.46. The minimum absolute atomic E-state index is 0.0564. The van der Waals surface area contributed by atoms with Crippen LogP contribution in [-0.4, -0.2) is 5.78 Å². The van der Waals surface area contributed by atoms with Crippen LogP contribution in [0.1, 0.15) is 39.7 Å². The molecule has 0 saturated carbocycles. The minimum atomic E-state index is -0.707. The van der Waals surface area contributed by atoms with E-state index in [-0.39, 0.29) is 12.2 Å². The molecule has 0 spiro atoms. The van der Waals surface area contributed by atoms with E-state index in [4.69, 9.17) is 34.8 Å². The van der Waals surface area contributed by atoms with Gasteiger partial charge in [-0.2, -0.15) is 5.26 Å². The molecular weight excluding hydrogens is 461 g/mol. The maximum Gasteiger partial charge on any atom is 0.163 e. The topological polar surface area (TPSA) is 40.9 Å². The van der Waals surface area contributed by atoms with Crippen molar-refractivity contribution in [3.63, 3.8) is 0 Å². The van der Waals surface area contributed by atoms with Crippen LogP contribution in [0.3, 0.4) is 0 Å². The lowest BCUT2D eigenvalue weighted by molar-refractivity contribution is 0.0972. The summed E-state index contributed by atoms with van der Waals surface area (Å²) in [6.45, 7) is 0. The first-order chi connectivity index (χ1) is 15.5. The van der Waals surface area contributed by atoms with Crippen molar-refractivity contribution in [1.29, 1.82) is 5.26 Å². The Morgan fingerprint density at radius 2 is 1.47 bits per heavy atom. The summed E-state index contributed by atoms with van der Waals surface area (Å²) < 4.78 is 0. The molecule has 0 bridgehead atoms. The molecule has 4 aromatic rings. The van der Waals surface area contributed by atoms with Crippen LogP contribution in [0, 0.1) is 11.3 Å². The van der Waals surface area contributed by atoms with Crippen molar-refractivity contribution in [2.75, 3.05) is 0 Å². The molecule has 2 atom stereocenters. The molecule has 4 rings (SSSR count). The van der Waals surface area contributed by atoms with Gasteiger partial charge in [0.05, 0.1) is 12.0 Å². The van der Waals surface area contributed by atoms with Crippen LogP contribution >= 0.6 is 34.8 Å². The SMILES string of the molecule is N#CC(c1c(Cl)cccc1Cl)C(CC(=O)c1ccc2ccccc2c1)c1ccc(Cl)cc1. The van der Waals surface area contributed by atoms with Crippen LogP contribution < -0.4 is 0 Å². The highest BCUT2D eigenvalue weighted by Gasteiger charge is 2.30. The molecule has 0 fully saturated rings. The molecule has 4 aromatic carbocycles. The standard InChI is InChI=1S/C27H18Cl3NO/c28-21-12-10-18(11-13-21)22(23(16-31)27-24(29)6-3-7-25(27)30)15-26(32)20-9-8-17-4-1-2-5-19(17)14-20/h1-14,22-23H,15H2. The fourth-order valence-electron chi connectivity index (χ4n) is 3.98. The van der Waals surface area contributed by atoms with Crippen molar-refractivity contribution in [2.24, 2.45) is 0 Å². The van der Waals surface area contributed by atoms with Crippen LogP contribution in [0.5, 0.6) is 0 Å². The van der Waals surface area contributed by atoms with E-state index in [2.05, 4.69) is 6.07 Å². The molecular formula is C27H18Cl3NO. The van der Waals surface area contributed by atoms with Gasteiger partial charge in [-0.15, -0.1) is 0 Å². The lowest BCUT2D eigenvalue weighted by Crippen LogP contribution is -2.16. The van der Waals surface area contributed by atoms with Gasteiger partial charge in [0.1, 0.15) is 0 Å². The highest BCUT2D eigenvalue weighted by molar-refractivity contribution is 6.36. The van der Waals surface area contributed by atoms with E-state index in [9.17, 15) is 10.1 Å². The molecule has 32 heavy (non-hydrogen) atoms. The fraction of sp³-hybridized carbons (Fsp3) is 0.111. The van der Waals surface area contributed by atoms with Gasteiger partial charge in [0.25, 0.3) is 0 Å². The molecule has 0 aromatic heterocycles. The largest absolute Gasteiger partial charge is 0.294 e. The van der Waals surface area contributed by atoms with Gasteiger partial charge in [0.2, 0.25) is 0 Å². The summed E-state index contributed by atoms with van der Waals surface area (Å²) in [4.78, 5) is 13.4. The van der Waals surface area contributed by atoms with E-state index in [1.165, 1.54) is 0 Å². The average molecular weight is 479 g/mol. The molecule has 5 heteroatoms. The normalized spacial score (nSPS) is 12.8. The Bertz CT molecular complexity index is 1300. The summed E-state index contributed by atoms with van der Waals surface area (Å²) in [7, 11) is 0. The molecule has 0 saturated heterocycles. The second-order valence-electron chi connectivity index (χ2n) is 7.59. The second-order valence-corrected chi connectivity index (χ2v) is 8.84. The first kappa shape index (κ1) is 22.4. The number of ketones is 1. The fourth-order valence-corrected chi connectivity index (χ4v) is 4.74. The molecule has 0 amide bonds. The number of benzene rings is 4. The van der Waals surface area contributed by atoms with E-state index >= 15 is 0 Å². The minimum Gasteiger partial charge on any atom is -0.294 e. The zero-order valence-electron chi connectivity index (χ0n) is 16.9. The zero-order valence-corrected chi connectivity index (χ0v) is 19.2. The number of Topliss-reactive ketones (excluding diaryl/α,β-unsaturated/α-hetero) is 1. The Balaban J connectivity index is 1.76. The summed E-state index contributed by atoms with van der Waals surface area (Å²) in [5.74, 6) is -1.21. The number of carbonyl (C=O) groups is 1. The highest BCUT2D eigenvalue weighted by Crippen LogP contribution is 2.42. The van der Waals surface area contributed by atoms with Crippen LogP contribution in [0.4, 0.5) is 0 Å². The number of rotatable bonds is 6. The number of hydrogen-bond acceptors (Lipinski definition) is 2. The predicted molar refractivity (Wildman–Crippen MR) is 132 cm³/mol. The average Bonchev–Trinajstić information content (AvgIpc) is 2.80. The van der Waals surface area contributed by atoms with E-state index in [1.54, 1.807) is 30.3 Å². The van der Waals surface area contributed by atoms with Crippen molar-refractivity contribution in [1.82, 2.24) is 0 Å². The first-order valence-electron chi connectivity index (χ1n) is 10.1. The Morgan fingerprint density at radius 3 is 2.12 bits per heavy atom. The molecule has 2 nitrogen and oxygen atoms in total. The number of nitrogens with zero attached hydrogens (tertiary/aromatic N) is 1. The van der Waals surface area contributed by atoms with Gasteiger partial charge in [-0.1, -0.05) is 89.4 Å². The Hall–Kier alpha value is -2.83. The van der Waals surface area contributed by atoms with E-state index in [0.29, 0.717) is 26.2 Å². The third-order valence-electron chi connectivity index (χ3n) is 5.63. The Morgan fingerprint density at radius 1 is 0.812 bits per heavy atom. The quantitative estimate of drug-likeness (QED) is 0.261. The van der Waals surface area contributed by atoms with Crippen molar-refractivity contribution in [2.45, 2.75) is 18.3 Å². The van der Waals surface area contributed by atoms with Crippen molar-refractivity contribution in [3.8, 4) is 6.07 Å². The third kappa shape index (κ3) is 4.66. The van der Waals surface area contributed by atoms with Gasteiger partial charge in [-0.05, 0) is 46.7 Å². The van der Waals surface area contributed by atoms with Gasteiger partial charge in [-0.25, -0.2) is 0 Å². The van der Waals surface area contributed by atoms with Crippen LogP contribution in [-0.2, 0) is 0 Å². The van der Waals surface area contributed by atoms with Gasteiger partial charge < -0.3 is 0 Å². The number of hydrogen-bond donors (Lipinski definition) is 0. The van der Waals surface area contributed by atoms with E-state index < -0.39 is 11.8 Å². The molecule has 0 heterocycles. The summed E-state index contributed by atoms with van der Waals surface area (Å²) in [5, 5.41) is 13.6. The smallest absolute Gasteiger partial charge is 0.163 e. The molecule has 0 N–H and O–H groups in total. The van der Waals surface area contributed by atoms with Gasteiger partial charge in [0, 0.05) is 38.5 Å². The summed E-state index contributed by atoms with van der Waals surface area (Å²) >= 11 is 19.0. The lowest BCUT2D eigenvalue weighted by atomic mass is 9.78. The van der Waals surface area contributed by atoms with E-state index in [1.807, 2.05) is 54.6 Å². The number of carbonyl (C=O) groups excluding carboxylic acids is 1. The van der Waals surface area contributed by atoms with Gasteiger partial charge in [0.15, 0.2) is 5.78 Å². The Kier molecular flexibility index (Phi) is 6.82. The monoisotopic (exact) mass is 477 g/mol. The molecule has 0 radical (unpaired) electrons. The molecule has 0 aliphatic heterocycles. The Labute approximate surface area is 202 Å². The molecule has 158 valence electrons. The molecule has 0 aliphatic rings. The lowest BCUT2D eigenvalue weighted by Gasteiger charge is -2.24. The summed E-state index contributed by atoms with van der Waals surface area (Å²) in [6, 6.07) is 28.2. The van der Waals surface area contributed by atoms with Crippen LogP contribution in [0.15, 0.2) is 84.9 Å². The van der Waals surface area contributed by atoms with Crippen LogP contribution in [0.25, 0.3) is 10.8 Å². The second kappa shape index (κ2) is 9.76. The summed E-state index contributed by atoms with van der Waals surface area (Å²) in [5.41, 5.74) is 1.96. The highest BCUT2D eigenvalue weighted by atomic mass is 35.5. The molecule has 0 aliphatic carbocycles. The number of halogens is 3. The van der Waals surface area contributed by atoms with Crippen LogP contribution in [0.2, 0.25) is 15.1 Å². The van der Waals surface area contributed by atoms with Gasteiger partial charge >= 0.3 is 0 Å². The third-order valence-corrected chi connectivity index (χ3v) is 6.54. The number of nitriles is 1.